The van der Waals surface area contributed by atoms with Crippen molar-refractivity contribution < 1.29 is 27.8 Å². The Labute approximate surface area is 138 Å². The van der Waals surface area contributed by atoms with Crippen molar-refractivity contribution in [3.63, 3.8) is 0 Å². The fourth-order valence-corrected chi connectivity index (χ4v) is 2.35. The maximum absolute atomic E-state index is 13.1. The Morgan fingerprint density at radius 1 is 1.04 bits per heavy atom. The second-order valence-corrected chi connectivity index (χ2v) is 5.17. The van der Waals surface area contributed by atoms with Gasteiger partial charge in [0.2, 0.25) is 6.29 Å². The molecule has 1 aromatic carbocycles. The van der Waals surface area contributed by atoms with Crippen LogP contribution in [0, 0.1) is 11.6 Å². The van der Waals surface area contributed by atoms with Gasteiger partial charge >= 0.3 is 6.03 Å². The number of methoxy groups -OCH3 is 2. The number of piperazine rings is 1. The second kappa shape index (κ2) is 8.02. The number of nitrogens with one attached hydrogen (secondary N) is 1. The molecule has 0 spiro atoms. The van der Waals surface area contributed by atoms with E-state index in [1.807, 2.05) is 0 Å². The van der Waals surface area contributed by atoms with E-state index in [4.69, 9.17) is 9.47 Å². The van der Waals surface area contributed by atoms with Gasteiger partial charge in [-0.25, -0.2) is 13.6 Å². The highest BCUT2D eigenvalue weighted by Gasteiger charge is 2.29. The summed E-state index contributed by atoms with van der Waals surface area (Å²) in [5.74, 6) is -2.32. The molecule has 7 nitrogen and oxygen atoms in total. The summed E-state index contributed by atoms with van der Waals surface area (Å²) in [5, 5.41) is 2.50. The lowest BCUT2D eigenvalue weighted by Gasteiger charge is -2.35. The van der Waals surface area contributed by atoms with Crippen molar-refractivity contribution in [1.82, 2.24) is 9.80 Å². The topological polar surface area (TPSA) is 71.1 Å². The Hall–Kier alpha value is -2.26. The molecule has 0 aromatic heterocycles. The van der Waals surface area contributed by atoms with Crippen LogP contribution in [0.4, 0.5) is 19.3 Å². The normalized spacial score (nSPS) is 14.9. The van der Waals surface area contributed by atoms with E-state index in [1.54, 1.807) is 4.90 Å². The molecule has 3 amide bonds. The van der Waals surface area contributed by atoms with Gasteiger partial charge in [0.05, 0.1) is 0 Å². The minimum Gasteiger partial charge on any atom is -0.348 e. The summed E-state index contributed by atoms with van der Waals surface area (Å²) < 4.78 is 35.9. The Bertz CT molecular complexity index is 602. The summed E-state index contributed by atoms with van der Waals surface area (Å²) in [7, 11) is 2.75. The molecule has 132 valence electrons. The van der Waals surface area contributed by atoms with E-state index < -0.39 is 24.0 Å². The zero-order chi connectivity index (χ0) is 17.7. The molecule has 0 aliphatic carbocycles. The van der Waals surface area contributed by atoms with Crippen LogP contribution in [0.15, 0.2) is 18.2 Å². The van der Waals surface area contributed by atoms with Crippen LogP contribution in [0.2, 0.25) is 0 Å². The highest BCUT2D eigenvalue weighted by Crippen LogP contribution is 2.14. The predicted octanol–water partition coefficient (Wildman–Crippen LogP) is 1.26. The largest absolute Gasteiger partial charge is 0.348 e. The smallest absolute Gasteiger partial charge is 0.321 e. The number of nitrogens with zero attached hydrogens (tertiary/aromatic N) is 2. The molecule has 1 aromatic rings. The van der Waals surface area contributed by atoms with Crippen molar-refractivity contribution in [3.8, 4) is 0 Å². The lowest BCUT2D eigenvalue weighted by molar-refractivity contribution is -0.171. The monoisotopic (exact) mass is 343 g/mol. The number of carbonyl (C=O) groups excluding carboxylic acids is 2. The van der Waals surface area contributed by atoms with Crippen LogP contribution in [0.1, 0.15) is 0 Å². The molecule has 1 aliphatic heterocycles. The van der Waals surface area contributed by atoms with Crippen molar-refractivity contribution >= 4 is 17.6 Å². The van der Waals surface area contributed by atoms with E-state index in [9.17, 15) is 18.4 Å². The summed E-state index contributed by atoms with van der Waals surface area (Å²) in [4.78, 5) is 27.2. The molecule has 0 radical (unpaired) electrons. The maximum Gasteiger partial charge on any atom is 0.321 e. The third-order valence-electron chi connectivity index (χ3n) is 3.68. The molecule has 24 heavy (non-hydrogen) atoms. The third kappa shape index (κ3) is 4.18. The molecule has 9 heteroatoms. The lowest BCUT2D eigenvalue weighted by Crippen LogP contribution is -2.54. The van der Waals surface area contributed by atoms with Crippen molar-refractivity contribution in [2.75, 3.05) is 45.7 Å². The van der Waals surface area contributed by atoms with Crippen LogP contribution in [0.5, 0.6) is 0 Å². The standard InChI is InChI=1S/C15H19F2N3O4/c1-23-14(24-2)13(21)19-5-7-20(8-6-19)15(22)18-10-3-4-11(16)12(17)9-10/h3-4,9,14H,5-8H2,1-2H3,(H,18,22). The number of carbonyl (C=O) groups is 2. The first-order chi connectivity index (χ1) is 11.5. The minimum absolute atomic E-state index is 0.163. The number of amides is 3. The van der Waals surface area contributed by atoms with Gasteiger partial charge in [0, 0.05) is 52.2 Å². The first-order valence-corrected chi connectivity index (χ1v) is 7.31. The molecule has 1 fully saturated rings. The molecule has 2 rings (SSSR count). The summed E-state index contributed by atoms with van der Waals surface area (Å²) in [6.07, 6.45) is -0.965. The Kier molecular flexibility index (Phi) is 6.04. The highest BCUT2D eigenvalue weighted by atomic mass is 19.2. The number of halogens is 2. The highest BCUT2D eigenvalue weighted by molar-refractivity contribution is 5.89. The van der Waals surface area contributed by atoms with E-state index in [2.05, 4.69) is 5.32 Å². The molecule has 1 N–H and O–H groups in total. The van der Waals surface area contributed by atoms with Gasteiger partial charge in [0.25, 0.3) is 5.91 Å². The van der Waals surface area contributed by atoms with Crippen molar-refractivity contribution in [1.29, 1.82) is 0 Å². The molecule has 0 atom stereocenters. The third-order valence-corrected chi connectivity index (χ3v) is 3.68. The molecular weight excluding hydrogens is 324 g/mol. The van der Waals surface area contributed by atoms with Gasteiger partial charge in [-0.15, -0.1) is 0 Å². The Morgan fingerprint density at radius 3 is 2.17 bits per heavy atom. The number of rotatable bonds is 4. The fraction of sp³-hybridized carbons (Fsp3) is 0.467. The van der Waals surface area contributed by atoms with Crippen molar-refractivity contribution in [3.05, 3.63) is 29.8 Å². The number of anilines is 1. The molecule has 1 heterocycles. The SMILES string of the molecule is COC(OC)C(=O)N1CCN(C(=O)Nc2ccc(F)c(F)c2)CC1. The number of benzene rings is 1. The van der Waals surface area contributed by atoms with Gasteiger partial charge in [0.15, 0.2) is 11.6 Å². The summed E-state index contributed by atoms with van der Waals surface area (Å²) >= 11 is 0. The number of urea groups is 1. The van der Waals surface area contributed by atoms with Crippen LogP contribution < -0.4 is 5.32 Å². The van der Waals surface area contributed by atoms with Crippen LogP contribution >= 0.6 is 0 Å². The Morgan fingerprint density at radius 2 is 1.62 bits per heavy atom. The van der Waals surface area contributed by atoms with Gasteiger partial charge in [-0.3, -0.25) is 4.79 Å². The molecule has 0 saturated carbocycles. The van der Waals surface area contributed by atoms with E-state index in [-0.39, 0.29) is 11.6 Å². The lowest BCUT2D eigenvalue weighted by atomic mass is 10.3. The molecule has 0 bridgehead atoms. The van der Waals surface area contributed by atoms with Crippen LogP contribution in [-0.2, 0) is 14.3 Å². The quantitative estimate of drug-likeness (QED) is 0.836. The van der Waals surface area contributed by atoms with Gasteiger partial charge in [-0.05, 0) is 12.1 Å². The first-order valence-electron chi connectivity index (χ1n) is 7.31. The first kappa shape index (κ1) is 18.1. The average molecular weight is 343 g/mol. The van der Waals surface area contributed by atoms with Crippen molar-refractivity contribution in [2.45, 2.75) is 6.29 Å². The summed E-state index contributed by atoms with van der Waals surface area (Å²) in [5.41, 5.74) is 0.163. The van der Waals surface area contributed by atoms with Gasteiger partial charge in [-0.2, -0.15) is 0 Å². The van der Waals surface area contributed by atoms with Crippen molar-refractivity contribution in [2.24, 2.45) is 0 Å². The average Bonchev–Trinajstić information content (AvgIpc) is 2.59. The second-order valence-electron chi connectivity index (χ2n) is 5.17. The minimum atomic E-state index is -1.03. The number of ether oxygens (including phenoxy) is 2. The summed E-state index contributed by atoms with van der Waals surface area (Å²) in [6, 6.07) is 2.69. The number of hydrogen-bond donors (Lipinski definition) is 1. The number of hydrogen-bond acceptors (Lipinski definition) is 4. The fourth-order valence-electron chi connectivity index (χ4n) is 2.35. The van der Waals surface area contributed by atoms with Gasteiger partial charge in [-0.1, -0.05) is 0 Å². The maximum atomic E-state index is 13.1. The molecule has 1 aliphatic rings. The predicted molar refractivity (Wildman–Crippen MR) is 81.3 cm³/mol. The van der Waals surface area contributed by atoms with Gasteiger partial charge < -0.3 is 24.6 Å². The van der Waals surface area contributed by atoms with Crippen LogP contribution in [-0.4, -0.2) is 68.4 Å². The van der Waals surface area contributed by atoms with Crippen LogP contribution in [0.3, 0.4) is 0 Å². The van der Waals surface area contributed by atoms with Gasteiger partial charge in [0.1, 0.15) is 0 Å². The van der Waals surface area contributed by atoms with E-state index in [1.165, 1.54) is 25.2 Å². The molecule has 0 unspecified atom stereocenters. The van der Waals surface area contributed by atoms with E-state index in [0.717, 1.165) is 12.1 Å². The molecular formula is C15H19F2N3O4. The Balaban J connectivity index is 1.88. The van der Waals surface area contributed by atoms with E-state index >= 15 is 0 Å². The zero-order valence-corrected chi connectivity index (χ0v) is 13.4. The zero-order valence-electron chi connectivity index (χ0n) is 13.4. The molecule has 1 saturated heterocycles. The van der Waals surface area contributed by atoms with Crippen LogP contribution in [0.25, 0.3) is 0 Å². The summed E-state index contributed by atoms with van der Waals surface area (Å²) in [6.45, 7) is 1.27. The van der Waals surface area contributed by atoms with E-state index in [0.29, 0.717) is 26.2 Å².